The summed E-state index contributed by atoms with van der Waals surface area (Å²) < 4.78 is 84.7. The predicted molar refractivity (Wildman–Crippen MR) is 98.2 cm³/mol. The Morgan fingerprint density at radius 3 is 2.47 bits per heavy atom. The maximum absolute atomic E-state index is 12.9. The van der Waals surface area contributed by atoms with Gasteiger partial charge in [0, 0.05) is 31.7 Å². The third-order valence-electron chi connectivity index (χ3n) is 4.95. The molecule has 1 aromatic heterocycles. The van der Waals surface area contributed by atoms with Gasteiger partial charge >= 0.3 is 12.4 Å². The van der Waals surface area contributed by atoms with Gasteiger partial charge in [0.25, 0.3) is 0 Å². The van der Waals surface area contributed by atoms with E-state index in [0.29, 0.717) is 13.1 Å². The fourth-order valence-electron chi connectivity index (χ4n) is 3.22. The van der Waals surface area contributed by atoms with Crippen LogP contribution >= 0.6 is 0 Å². The molecule has 1 aromatic carbocycles. The van der Waals surface area contributed by atoms with Crippen LogP contribution in [-0.2, 0) is 15.7 Å². The topological polar surface area (TPSA) is 71.7 Å². The van der Waals surface area contributed by atoms with Crippen molar-refractivity contribution < 1.29 is 40.4 Å². The van der Waals surface area contributed by atoms with Crippen molar-refractivity contribution >= 4 is 5.91 Å². The summed E-state index contributed by atoms with van der Waals surface area (Å²) >= 11 is 0. The van der Waals surface area contributed by atoms with Crippen molar-refractivity contribution in [1.82, 2.24) is 19.9 Å². The summed E-state index contributed by atoms with van der Waals surface area (Å²) in [5, 5.41) is 3.77. The number of aromatic nitrogens is 2. The highest BCUT2D eigenvalue weighted by Crippen LogP contribution is 2.32. The van der Waals surface area contributed by atoms with E-state index in [9.17, 15) is 31.1 Å². The van der Waals surface area contributed by atoms with Crippen molar-refractivity contribution in [3.8, 4) is 11.4 Å². The Morgan fingerprint density at radius 2 is 1.84 bits per heavy atom. The van der Waals surface area contributed by atoms with E-state index in [1.165, 1.54) is 17.0 Å². The number of halogens is 6. The highest BCUT2D eigenvalue weighted by Gasteiger charge is 2.32. The number of rotatable bonds is 6. The molecule has 0 spiro atoms. The summed E-state index contributed by atoms with van der Waals surface area (Å²) in [6.45, 7) is 0.967. The van der Waals surface area contributed by atoms with Crippen LogP contribution in [0.3, 0.4) is 0 Å². The number of ether oxygens (including phenoxy) is 1. The van der Waals surface area contributed by atoms with Crippen LogP contribution in [0, 0.1) is 0 Å². The number of hydrogen-bond acceptors (Lipinski definition) is 6. The number of carbonyl (C=O) groups excluding carboxylic acids is 1. The van der Waals surface area contributed by atoms with Crippen molar-refractivity contribution in [2.45, 2.75) is 25.3 Å². The van der Waals surface area contributed by atoms with E-state index in [1.54, 1.807) is 6.92 Å². The second-order valence-corrected chi connectivity index (χ2v) is 7.24. The Kier molecular flexibility index (Phi) is 7.08. The van der Waals surface area contributed by atoms with E-state index in [2.05, 4.69) is 14.9 Å². The lowest BCUT2D eigenvalue weighted by Crippen LogP contribution is -2.50. The van der Waals surface area contributed by atoms with Crippen molar-refractivity contribution in [1.29, 1.82) is 0 Å². The van der Waals surface area contributed by atoms with Gasteiger partial charge in [-0.25, -0.2) is 0 Å². The average molecular weight is 466 g/mol. The Hall–Kier alpha value is -2.67. The number of piperazine rings is 1. The second kappa shape index (κ2) is 9.45. The van der Waals surface area contributed by atoms with Crippen LogP contribution in [0.2, 0.25) is 0 Å². The lowest BCUT2D eigenvalue weighted by atomic mass is 10.1. The lowest BCUT2D eigenvalue weighted by Gasteiger charge is -2.36. The van der Waals surface area contributed by atoms with Gasteiger partial charge in [0.05, 0.1) is 11.6 Å². The highest BCUT2D eigenvalue weighted by atomic mass is 19.4. The first kappa shape index (κ1) is 24.0. The normalized spacial score (nSPS) is 16.9. The van der Waals surface area contributed by atoms with Gasteiger partial charge in [-0.2, -0.15) is 31.3 Å². The smallest absolute Gasteiger partial charge is 0.362 e. The molecular formula is C19H20F6N4O3. The van der Waals surface area contributed by atoms with Gasteiger partial charge in [-0.05, 0) is 19.1 Å². The standard InChI is InChI=1S/C19H20F6N4O3/c1-12(28-5-7-29(8-6-28)15(30)10-31-11-18(20,21)22)17-26-16(27-32-17)13-3-2-4-14(9-13)19(23,24)25/h2-4,9,12H,5-8,10-11H2,1H3. The van der Waals surface area contributed by atoms with E-state index >= 15 is 0 Å². The summed E-state index contributed by atoms with van der Waals surface area (Å²) in [7, 11) is 0. The number of benzene rings is 1. The average Bonchev–Trinajstić information content (AvgIpc) is 3.22. The molecule has 1 saturated heterocycles. The second-order valence-electron chi connectivity index (χ2n) is 7.24. The number of nitrogens with zero attached hydrogens (tertiary/aromatic N) is 4. The monoisotopic (exact) mass is 466 g/mol. The molecule has 1 amide bonds. The van der Waals surface area contributed by atoms with Gasteiger partial charge in [-0.3, -0.25) is 9.69 Å². The summed E-state index contributed by atoms with van der Waals surface area (Å²) in [6.07, 6.45) is -8.99. The molecule has 0 saturated carbocycles. The third-order valence-corrected chi connectivity index (χ3v) is 4.95. The van der Waals surface area contributed by atoms with Crippen LogP contribution in [0.5, 0.6) is 0 Å². The lowest BCUT2D eigenvalue weighted by molar-refractivity contribution is -0.178. The van der Waals surface area contributed by atoms with Crippen molar-refractivity contribution in [2.75, 3.05) is 39.4 Å². The van der Waals surface area contributed by atoms with Crippen LogP contribution in [0.1, 0.15) is 24.4 Å². The van der Waals surface area contributed by atoms with E-state index in [1.807, 2.05) is 4.90 Å². The fraction of sp³-hybridized carbons (Fsp3) is 0.526. The molecule has 0 bridgehead atoms. The molecule has 3 rings (SSSR count). The molecule has 1 aliphatic heterocycles. The molecule has 2 heterocycles. The molecule has 0 N–H and O–H groups in total. The van der Waals surface area contributed by atoms with Gasteiger partial charge in [0.1, 0.15) is 13.2 Å². The van der Waals surface area contributed by atoms with E-state index in [4.69, 9.17) is 4.52 Å². The summed E-state index contributed by atoms with van der Waals surface area (Å²) in [5.74, 6) is -0.314. The van der Waals surface area contributed by atoms with Crippen LogP contribution in [0.4, 0.5) is 26.3 Å². The molecule has 176 valence electrons. The molecule has 0 radical (unpaired) electrons. The minimum Gasteiger partial charge on any atom is -0.362 e. The van der Waals surface area contributed by atoms with Crippen molar-refractivity contribution in [3.63, 3.8) is 0 Å². The largest absolute Gasteiger partial charge is 0.416 e. The molecule has 13 heteroatoms. The van der Waals surface area contributed by atoms with E-state index in [-0.39, 0.29) is 36.4 Å². The third kappa shape index (κ3) is 6.19. The molecule has 1 aliphatic rings. The molecule has 2 aromatic rings. The molecule has 1 unspecified atom stereocenters. The zero-order valence-electron chi connectivity index (χ0n) is 16.9. The summed E-state index contributed by atoms with van der Waals surface area (Å²) in [4.78, 5) is 19.5. The van der Waals surface area contributed by atoms with Gasteiger partial charge in [-0.1, -0.05) is 17.3 Å². The number of amides is 1. The maximum atomic E-state index is 12.9. The van der Waals surface area contributed by atoms with Crippen LogP contribution < -0.4 is 0 Å². The van der Waals surface area contributed by atoms with Gasteiger partial charge in [0.15, 0.2) is 0 Å². The predicted octanol–water partition coefficient (Wildman–Crippen LogP) is 3.54. The minimum absolute atomic E-state index is 0.0218. The van der Waals surface area contributed by atoms with Gasteiger partial charge in [-0.15, -0.1) is 0 Å². The number of alkyl halides is 6. The van der Waals surface area contributed by atoms with Gasteiger partial charge in [0.2, 0.25) is 17.6 Å². The van der Waals surface area contributed by atoms with E-state index < -0.39 is 37.0 Å². The fourth-order valence-corrected chi connectivity index (χ4v) is 3.22. The summed E-state index contributed by atoms with van der Waals surface area (Å²) in [6, 6.07) is 4.21. The zero-order valence-corrected chi connectivity index (χ0v) is 16.9. The van der Waals surface area contributed by atoms with Crippen molar-refractivity contribution in [2.24, 2.45) is 0 Å². The first-order chi connectivity index (χ1) is 14.9. The Balaban J connectivity index is 1.56. The van der Waals surface area contributed by atoms with E-state index in [0.717, 1.165) is 12.1 Å². The first-order valence-electron chi connectivity index (χ1n) is 9.61. The molecular weight excluding hydrogens is 446 g/mol. The van der Waals surface area contributed by atoms with Crippen LogP contribution in [0.25, 0.3) is 11.4 Å². The SMILES string of the molecule is CC(c1nc(-c2cccc(C(F)(F)F)c2)no1)N1CCN(C(=O)COCC(F)(F)F)CC1. The Labute approximate surface area is 178 Å². The highest BCUT2D eigenvalue weighted by molar-refractivity contribution is 5.77. The van der Waals surface area contributed by atoms with Gasteiger partial charge < -0.3 is 14.2 Å². The maximum Gasteiger partial charge on any atom is 0.416 e. The Bertz CT molecular complexity index is 922. The first-order valence-corrected chi connectivity index (χ1v) is 9.61. The van der Waals surface area contributed by atoms with Crippen LogP contribution in [0.15, 0.2) is 28.8 Å². The minimum atomic E-state index is -4.50. The molecule has 7 nitrogen and oxygen atoms in total. The quantitative estimate of drug-likeness (QED) is 0.607. The number of hydrogen-bond donors (Lipinski definition) is 0. The molecule has 0 aliphatic carbocycles. The molecule has 1 atom stereocenters. The Morgan fingerprint density at radius 1 is 1.16 bits per heavy atom. The zero-order chi connectivity index (χ0) is 23.5. The van der Waals surface area contributed by atoms with Crippen molar-refractivity contribution in [3.05, 3.63) is 35.7 Å². The molecule has 32 heavy (non-hydrogen) atoms. The van der Waals surface area contributed by atoms with Crippen LogP contribution in [-0.4, -0.2) is 71.4 Å². The number of carbonyl (C=O) groups is 1. The molecule has 1 fully saturated rings. The summed E-state index contributed by atoms with van der Waals surface area (Å²) in [5.41, 5.74) is -0.661.